The van der Waals surface area contributed by atoms with Gasteiger partial charge in [0.2, 0.25) is 5.69 Å². The number of hydrogen-bond donors (Lipinski definition) is 0. The lowest BCUT2D eigenvalue weighted by atomic mass is 10.3. The molecule has 1 heterocycles. The maximum absolute atomic E-state index is 11.7. The van der Waals surface area contributed by atoms with Gasteiger partial charge in [-0.2, -0.15) is 4.74 Å². The van der Waals surface area contributed by atoms with E-state index in [1.54, 1.807) is 37.6 Å². The molecule has 0 aliphatic rings. The Morgan fingerprint density at radius 2 is 2.00 bits per heavy atom. The summed E-state index contributed by atoms with van der Waals surface area (Å²) in [4.78, 5) is 0.936. The van der Waals surface area contributed by atoms with E-state index in [0.29, 0.717) is 5.69 Å². The van der Waals surface area contributed by atoms with Crippen molar-refractivity contribution in [1.29, 1.82) is 0 Å². The molecule has 0 amide bonds. The van der Waals surface area contributed by atoms with Crippen molar-refractivity contribution in [3.63, 3.8) is 0 Å². The highest BCUT2D eigenvalue weighted by atomic mass is 32.1. The van der Waals surface area contributed by atoms with Crippen LogP contribution in [0.25, 0.3) is 0 Å². The molecule has 0 spiro atoms. The summed E-state index contributed by atoms with van der Waals surface area (Å²) in [7, 11) is 1.60. The molecule has 0 unspecified atom stereocenters. The van der Waals surface area contributed by atoms with Gasteiger partial charge >= 0.3 is 0 Å². The van der Waals surface area contributed by atoms with Gasteiger partial charge < -0.3 is 9.94 Å². The number of thiophene rings is 1. The first kappa shape index (κ1) is 10.7. The highest BCUT2D eigenvalue weighted by Crippen LogP contribution is 2.17. The van der Waals surface area contributed by atoms with Gasteiger partial charge in [-0.1, -0.05) is 6.07 Å². The third-order valence-corrected chi connectivity index (χ3v) is 2.92. The summed E-state index contributed by atoms with van der Waals surface area (Å²) in [6, 6.07) is 10.8. The molecule has 0 aliphatic carbocycles. The number of methoxy groups -OCH3 is 1. The molecular weight excluding hydrogens is 222 g/mol. The van der Waals surface area contributed by atoms with E-state index in [-0.39, 0.29) is 0 Å². The van der Waals surface area contributed by atoms with Gasteiger partial charge in [-0.05, 0) is 23.6 Å². The predicted molar refractivity (Wildman–Crippen MR) is 65.8 cm³/mol. The van der Waals surface area contributed by atoms with Gasteiger partial charge in [-0.15, -0.1) is 11.3 Å². The minimum absolute atomic E-state index is 0.592. The molecule has 2 rings (SSSR count). The van der Waals surface area contributed by atoms with Crippen LogP contribution in [0, 0.1) is 5.21 Å². The first-order valence-electron chi connectivity index (χ1n) is 4.78. The lowest BCUT2D eigenvalue weighted by Gasteiger charge is -2.03. The Morgan fingerprint density at radius 1 is 1.25 bits per heavy atom. The smallest absolute Gasteiger partial charge is 0.216 e. The molecule has 0 fully saturated rings. The van der Waals surface area contributed by atoms with Gasteiger partial charge in [0.1, 0.15) is 5.75 Å². The fraction of sp³-hybridized carbons (Fsp3) is 0.0833. The molecule has 82 valence electrons. The molecule has 0 N–H and O–H groups in total. The zero-order chi connectivity index (χ0) is 11.4. The van der Waals surface area contributed by atoms with Crippen molar-refractivity contribution in [2.75, 3.05) is 7.11 Å². The largest absolute Gasteiger partial charge is 0.618 e. The van der Waals surface area contributed by atoms with Gasteiger partial charge in [0.25, 0.3) is 0 Å². The first-order valence-corrected chi connectivity index (χ1v) is 5.66. The Hall–Kier alpha value is -1.81. The van der Waals surface area contributed by atoms with Crippen molar-refractivity contribution in [3.8, 4) is 5.75 Å². The van der Waals surface area contributed by atoms with E-state index in [1.807, 2.05) is 17.5 Å². The van der Waals surface area contributed by atoms with Crippen LogP contribution in [0.5, 0.6) is 5.75 Å². The Labute approximate surface area is 97.8 Å². The molecule has 0 saturated carbocycles. The highest BCUT2D eigenvalue weighted by molar-refractivity contribution is 7.11. The summed E-state index contributed by atoms with van der Waals surface area (Å²) < 4.78 is 5.88. The van der Waals surface area contributed by atoms with Gasteiger partial charge in [0.05, 0.1) is 12.0 Å². The van der Waals surface area contributed by atoms with Crippen molar-refractivity contribution >= 4 is 23.2 Å². The van der Waals surface area contributed by atoms with Crippen LogP contribution in [-0.2, 0) is 0 Å². The number of hydrogen-bond acceptors (Lipinski definition) is 3. The van der Waals surface area contributed by atoms with Crippen LogP contribution in [0.4, 0.5) is 5.69 Å². The molecule has 1 aromatic heterocycles. The van der Waals surface area contributed by atoms with Gasteiger partial charge in [0.15, 0.2) is 6.21 Å². The van der Waals surface area contributed by atoms with E-state index in [2.05, 4.69) is 0 Å². The normalized spacial score (nSPS) is 11.4. The van der Waals surface area contributed by atoms with E-state index in [9.17, 15) is 5.21 Å². The molecular formula is C12H11NO2S. The zero-order valence-corrected chi connectivity index (χ0v) is 9.61. The third kappa shape index (κ3) is 2.41. The lowest BCUT2D eigenvalue weighted by Crippen LogP contribution is -1.97. The highest BCUT2D eigenvalue weighted by Gasteiger charge is 2.02. The molecule has 0 bridgehead atoms. The van der Waals surface area contributed by atoms with Crippen LogP contribution in [-0.4, -0.2) is 18.1 Å². The van der Waals surface area contributed by atoms with E-state index >= 15 is 0 Å². The fourth-order valence-electron chi connectivity index (χ4n) is 1.28. The minimum Gasteiger partial charge on any atom is -0.618 e. The molecule has 0 atom stereocenters. The molecule has 3 nitrogen and oxygen atoms in total. The average molecular weight is 233 g/mol. The van der Waals surface area contributed by atoms with Crippen LogP contribution in [0.15, 0.2) is 41.8 Å². The monoisotopic (exact) mass is 233 g/mol. The summed E-state index contributed by atoms with van der Waals surface area (Å²) in [5.41, 5.74) is 0.592. The van der Waals surface area contributed by atoms with Crippen LogP contribution < -0.4 is 4.74 Å². The summed E-state index contributed by atoms with van der Waals surface area (Å²) in [5, 5.41) is 13.7. The van der Waals surface area contributed by atoms with E-state index in [0.717, 1.165) is 15.4 Å². The molecule has 16 heavy (non-hydrogen) atoms. The van der Waals surface area contributed by atoms with E-state index in [4.69, 9.17) is 4.74 Å². The lowest BCUT2D eigenvalue weighted by molar-refractivity contribution is -0.354. The first-order chi connectivity index (χ1) is 7.79. The van der Waals surface area contributed by atoms with Crippen molar-refractivity contribution in [3.05, 3.63) is 51.9 Å². The van der Waals surface area contributed by atoms with E-state index < -0.39 is 0 Å². The van der Waals surface area contributed by atoms with E-state index in [1.165, 1.54) is 11.3 Å². The minimum atomic E-state index is 0.592. The van der Waals surface area contributed by atoms with Crippen molar-refractivity contribution in [1.82, 2.24) is 0 Å². The summed E-state index contributed by atoms with van der Waals surface area (Å²) in [5.74, 6) is 0.744. The van der Waals surface area contributed by atoms with Gasteiger partial charge in [0, 0.05) is 12.1 Å². The standard InChI is InChI=1S/C12H11NO2S/c1-15-11-6-4-10(5-7-11)13(14)9-12-3-2-8-16-12/h2-9H,1H3/b13-9-. The van der Waals surface area contributed by atoms with Crippen LogP contribution in [0.3, 0.4) is 0 Å². The second-order valence-electron chi connectivity index (χ2n) is 3.17. The predicted octanol–water partition coefficient (Wildman–Crippen LogP) is 3.02. The van der Waals surface area contributed by atoms with Crippen molar-refractivity contribution < 1.29 is 9.48 Å². The second-order valence-corrected chi connectivity index (χ2v) is 4.15. The summed E-state index contributed by atoms with van der Waals surface area (Å²) in [6.07, 6.45) is 1.56. The Morgan fingerprint density at radius 3 is 2.56 bits per heavy atom. The van der Waals surface area contributed by atoms with Gasteiger partial charge in [-0.25, -0.2) is 0 Å². The molecule has 2 aromatic rings. The number of ether oxygens (including phenoxy) is 1. The topological polar surface area (TPSA) is 35.3 Å². The number of rotatable bonds is 3. The zero-order valence-electron chi connectivity index (χ0n) is 8.79. The Balaban J connectivity index is 2.23. The van der Waals surface area contributed by atoms with Gasteiger partial charge in [-0.3, -0.25) is 0 Å². The number of benzene rings is 1. The fourth-order valence-corrected chi connectivity index (χ4v) is 1.91. The van der Waals surface area contributed by atoms with Crippen LogP contribution >= 0.6 is 11.3 Å². The van der Waals surface area contributed by atoms with Crippen LogP contribution in [0.1, 0.15) is 4.88 Å². The SMILES string of the molecule is COc1ccc(/[N+]([O-])=C/c2cccs2)cc1. The molecule has 0 saturated heterocycles. The Kier molecular flexibility index (Phi) is 3.22. The quantitative estimate of drug-likeness (QED) is 0.353. The third-order valence-electron chi connectivity index (χ3n) is 2.11. The average Bonchev–Trinajstić information content (AvgIpc) is 2.82. The summed E-state index contributed by atoms with van der Waals surface area (Å²) >= 11 is 1.53. The van der Waals surface area contributed by atoms with Crippen molar-refractivity contribution in [2.45, 2.75) is 0 Å². The number of nitrogens with zero attached hydrogens (tertiary/aromatic N) is 1. The Bertz CT molecular complexity index is 474. The maximum Gasteiger partial charge on any atom is 0.216 e. The van der Waals surface area contributed by atoms with Crippen molar-refractivity contribution in [2.24, 2.45) is 0 Å². The molecule has 0 aliphatic heterocycles. The summed E-state index contributed by atoms with van der Waals surface area (Å²) in [6.45, 7) is 0. The maximum atomic E-state index is 11.7. The van der Waals surface area contributed by atoms with Crippen LogP contribution in [0.2, 0.25) is 0 Å². The molecule has 0 radical (unpaired) electrons. The molecule has 4 heteroatoms. The molecule has 1 aromatic carbocycles. The second kappa shape index (κ2) is 4.81.